The van der Waals surface area contributed by atoms with Crippen LogP contribution < -0.4 is 15.4 Å². The maximum absolute atomic E-state index is 9.78. The molecular formula is C16H24IN3O2. The van der Waals surface area contributed by atoms with Gasteiger partial charge < -0.3 is 20.5 Å². The minimum atomic E-state index is 0. The maximum Gasteiger partial charge on any atom is 0.191 e. The molecule has 3 N–H and O–H groups in total. The van der Waals surface area contributed by atoms with E-state index in [9.17, 15) is 5.11 Å². The summed E-state index contributed by atoms with van der Waals surface area (Å²) in [6.07, 6.45) is 6.44. The van der Waals surface area contributed by atoms with Crippen LogP contribution in [0.5, 0.6) is 11.5 Å². The van der Waals surface area contributed by atoms with Crippen molar-refractivity contribution in [1.82, 2.24) is 10.6 Å². The molecule has 6 heteroatoms. The van der Waals surface area contributed by atoms with Crippen LogP contribution in [0.4, 0.5) is 0 Å². The molecule has 1 aliphatic carbocycles. The summed E-state index contributed by atoms with van der Waals surface area (Å²) in [7, 11) is 1.54. The number of rotatable bonds is 5. The second-order valence-corrected chi connectivity index (χ2v) is 4.99. The second kappa shape index (κ2) is 9.55. The number of methoxy groups -OCH3 is 1. The predicted octanol–water partition coefficient (Wildman–Crippen LogP) is 2.79. The standard InChI is InChI=1S/C16H23N3O2.HI/c1-3-17-16(19-13-6-4-5-7-13)18-11-12-8-9-15(21-2)14(20)10-12;/h4-5,8-10,13,20H,3,6-7,11H2,1-2H3,(H2,17,18,19);1H. The first-order valence-corrected chi connectivity index (χ1v) is 7.28. The van der Waals surface area contributed by atoms with Crippen LogP contribution in [0.3, 0.4) is 0 Å². The summed E-state index contributed by atoms with van der Waals surface area (Å²) in [4.78, 5) is 4.56. The fourth-order valence-electron chi connectivity index (χ4n) is 2.25. The number of hydrogen-bond acceptors (Lipinski definition) is 3. The normalized spacial score (nSPS) is 14.5. The molecule has 122 valence electrons. The Bertz CT molecular complexity index is 524. The van der Waals surface area contributed by atoms with Crippen LogP contribution in [-0.2, 0) is 6.54 Å². The highest BCUT2D eigenvalue weighted by molar-refractivity contribution is 14.0. The van der Waals surface area contributed by atoms with Crippen LogP contribution in [0.15, 0.2) is 35.3 Å². The second-order valence-electron chi connectivity index (χ2n) is 4.99. The highest BCUT2D eigenvalue weighted by atomic mass is 127. The molecule has 0 radical (unpaired) electrons. The van der Waals surface area contributed by atoms with Crippen molar-refractivity contribution in [2.24, 2.45) is 4.99 Å². The van der Waals surface area contributed by atoms with Crippen molar-refractivity contribution >= 4 is 29.9 Å². The van der Waals surface area contributed by atoms with Crippen LogP contribution in [0.2, 0.25) is 0 Å². The number of halogens is 1. The van der Waals surface area contributed by atoms with Crippen molar-refractivity contribution in [3.8, 4) is 11.5 Å². The first-order chi connectivity index (χ1) is 10.2. The zero-order valence-electron chi connectivity index (χ0n) is 13.0. The van der Waals surface area contributed by atoms with E-state index < -0.39 is 0 Å². The lowest BCUT2D eigenvalue weighted by Gasteiger charge is -2.16. The number of nitrogens with zero attached hydrogens (tertiary/aromatic N) is 1. The molecule has 0 unspecified atom stereocenters. The smallest absolute Gasteiger partial charge is 0.191 e. The molecule has 1 aromatic carbocycles. The number of ether oxygens (including phenoxy) is 1. The van der Waals surface area contributed by atoms with Gasteiger partial charge in [0.25, 0.3) is 0 Å². The number of guanidine groups is 1. The summed E-state index contributed by atoms with van der Waals surface area (Å²) in [5.74, 6) is 1.43. The zero-order valence-corrected chi connectivity index (χ0v) is 15.3. The number of benzene rings is 1. The molecule has 0 atom stereocenters. The number of nitrogens with one attached hydrogen (secondary N) is 2. The van der Waals surface area contributed by atoms with Gasteiger partial charge in [-0.1, -0.05) is 18.2 Å². The van der Waals surface area contributed by atoms with Gasteiger partial charge in [0.1, 0.15) is 0 Å². The van der Waals surface area contributed by atoms with E-state index in [4.69, 9.17) is 4.74 Å². The minimum absolute atomic E-state index is 0. The van der Waals surface area contributed by atoms with Crippen LogP contribution in [0, 0.1) is 0 Å². The van der Waals surface area contributed by atoms with Gasteiger partial charge in [0.15, 0.2) is 17.5 Å². The summed E-state index contributed by atoms with van der Waals surface area (Å²) >= 11 is 0. The molecule has 0 fully saturated rings. The molecule has 0 amide bonds. The van der Waals surface area contributed by atoms with Crippen LogP contribution >= 0.6 is 24.0 Å². The largest absolute Gasteiger partial charge is 0.504 e. The van der Waals surface area contributed by atoms with Gasteiger partial charge in [-0.05, 0) is 37.5 Å². The van der Waals surface area contributed by atoms with Crippen molar-refractivity contribution < 1.29 is 9.84 Å². The van der Waals surface area contributed by atoms with E-state index in [0.717, 1.165) is 30.9 Å². The molecule has 0 aromatic heterocycles. The molecule has 5 nitrogen and oxygen atoms in total. The molecule has 22 heavy (non-hydrogen) atoms. The van der Waals surface area contributed by atoms with E-state index >= 15 is 0 Å². The Kier molecular flexibility index (Phi) is 8.08. The molecule has 2 rings (SSSR count). The van der Waals surface area contributed by atoms with Gasteiger partial charge in [0, 0.05) is 12.6 Å². The van der Waals surface area contributed by atoms with E-state index in [1.807, 2.05) is 13.0 Å². The fraction of sp³-hybridized carbons (Fsp3) is 0.438. The lowest BCUT2D eigenvalue weighted by molar-refractivity contribution is 0.373. The van der Waals surface area contributed by atoms with Crippen molar-refractivity contribution in [2.75, 3.05) is 13.7 Å². The molecule has 0 spiro atoms. The molecular weight excluding hydrogens is 393 g/mol. The number of phenolic OH excluding ortho intramolecular Hbond substituents is 1. The van der Waals surface area contributed by atoms with E-state index in [0.29, 0.717) is 18.3 Å². The third-order valence-corrected chi connectivity index (χ3v) is 3.36. The van der Waals surface area contributed by atoms with Gasteiger partial charge in [-0.2, -0.15) is 0 Å². The van der Waals surface area contributed by atoms with Gasteiger partial charge in [0.2, 0.25) is 0 Å². The summed E-state index contributed by atoms with van der Waals surface area (Å²) < 4.78 is 5.04. The summed E-state index contributed by atoms with van der Waals surface area (Å²) in [5.41, 5.74) is 0.940. The van der Waals surface area contributed by atoms with Gasteiger partial charge in [-0.15, -0.1) is 24.0 Å². The Morgan fingerprint density at radius 3 is 2.68 bits per heavy atom. The zero-order chi connectivity index (χ0) is 15.1. The summed E-state index contributed by atoms with van der Waals surface area (Å²) in [6.45, 7) is 3.37. The Balaban J connectivity index is 0.00000242. The van der Waals surface area contributed by atoms with Crippen LogP contribution in [-0.4, -0.2) is 30.8 Å². The Morgan fingerprint density at radius 1 is 1.36 bits per heavy atom. The summed E-state index contributed by atoms with van der Waals surface area (Å²) in [5, 5.41) is 16.4. The highest BCUT2D eigenvalue weighted by Crippen LogP contribution is 2.26. The van der Waals surface area contributed by atoms with Gasteiger partial charge in [0.05, 0.1) is 13.7 Å². The van der Waals surface area contributed by atoms with E-state index in [-0.39, 0.29) is 29.7 Å². The Hall–Kier alpha value is -1.44. The average Bonchev–Trinajstić information content (AvgIpc) is 2.98. The molecule has 1 aromatic rings. The van der Waals surface area contributed by atoms with Crippen LogP contribution in [0.25, 0.3) is 0 Å². The van der Waals surface area contributed by atoms with E-state index in [1.54, 1.807) is 12.1 Å². The molecule has 0 saturated carbocycles. The first kappa shape index (κ1) is 18.6. The van der Waals surface area contributed by atoms with E-state index in [2.05, 4.69) is 27.8 Å². The monoisotopic (exact) mass is 417 g/mol. The minimum Gasteiger partial charge on any atom is -0.504 e. The predicted molar refractivity (Wildman–Crippen MR) is 100 cm³/mol. The first-order valence-electron chi connectivity index (χ1n) is 7.28. The quantitative estimate of drug-likeness (QED) is 0.299. The number of phenols is 1. The van der Waals surface area contributed by atoms with Crippen LogP contribution in [0.1, 0.15) is 25.3 Å². The van der Waals surface area contributed by atoms with Crippen molar-refractivity contribution in [3.63, 3.8) is 0 Å². The van der Waals surface area contributed by atoms with E-state index in [1.165, 1.54) is 7.11 Å². The van der Waals surface area contributed by atoms with Crippen molar-refractivity contribution in [3.05, 3.63) is 35.9 Å². The Labute approximate surface area is 148 Å². The molecule has 1 aliphatic rings. The van der Waals surface area contributed by atoms with Gasteiger partial charge in [-0.25, -0.2) is 4.99 Å². The highest BCUT2D eigenvalue weighted by Gasteiger charge is 2.11. The number of aromatic hydroxyl groups is 1. The molecule has 0 saturated heterocycles. The summed E-state index contributed by atoms with van der Waals surface area (Å²) in [6, 6.07) is 5.76. The lowest BCUT2D eigenvalue weighted by atomic mass is 10.2. The third kappa shape index (κ3) is 5.40. The average molecular weight is 417 g/mol. The van der Waals surface area contributed by atoms with Gasteiger partial charge >= 0.3 is 0 Å². The maximum atomic E-state index is 9.78. The fourth-order valence-corrected chi connectivity index (χ4v) is 2.25. The number of aliphatic imine (C=N–C) groups is 1. The lowest BCUT2D eigenvalue weighted by Crippen LogP contribution is -2.42. The van der Waals surface area contributed by atoms with Crippen molar-refractivity contribution in [2.45, 2.75) is 32.4 Å². The van der Waals surface area contributed by atoms with Crippen molar-refractivity contribution in [1.29, 1.82) is 0 Å². The third-order valence-electron chi connectivity index (χ3n) is 3.36. The topological polar surface area (TPSA) is 65.9 Å². The van der Waals surface area contributed by atoms with Gasteiger partial charge in [-0.3, -0.25) is 0 Å². The molecule has 0 heterocycles. The molecule has 0 aliphatic heterocycles. The molecule has 0 bridgehead atoms. The number of hydrogen-bond donors (Lipinski definition) is 3. The SMILES string of the molecule is CCNC(=NCc1ccc(OC)c(O)c1)NC1CC=CC1.I. The Morgan fingerprint density at radius 2 is 2.09 bits per heavy atom.